The van der Waals surface area contributed by atoms with Crippen molar-refractivity contribution in [2.45, 2.75) is 30.7 Å². The Hall–Kier alpha value is 0.490. The van der Waals surface area contributed by atoms with Crippen LogP contribution < -0.4 is 0 Å². The molecule has 1 saturated heterocycles. The molecule has 0 amide bonds. The highest BCUT2D eigenvalue weighted by atomic mass is 127. The van der Waals surface area contributed by atoms with Crippen LogP contribution in [0.5, 0.6) is 0 Å². The maximum atomic E-state index is 9.50. The number of aliphatic hydroxyl groups is 4. The number of alkyl halides is 1. The normalized spacial score (nSPS) is 41.8. The monoisotopic (exact) mass is 334 g/mol. The van der Waals surface area contributed by atoms with Crippen molar-refractivity contribution >= 4 is 22.6 Å². The van der Waals surface area contributed by atoms with Gasteiger partial charge < -0.3 is 29.9 Å². The van der Waals surface area contributed by atoms with Gasteiger partial charge in [0, 0.05) is 4.43 Å². The molecule has 0 bridgehead atoms. The van der Waals surface area contributed by atoms with Gasteiger partial charge in [0.05, 0.1) is 13.2 Å². The second kappa shape index (κ2) is 6.28. The number of aliphatic hydroxyl groups excluding tert-OH is 4. The molecule has 6 nitrogen and oxygen atoms in total. The Morgan fingerprint density at radius 3 is 2.33 bits per heavy atom. The average molecular weight is 334 g/mol. The Labute approximate surface area is 101 Å². The van der Waals surface area contributed by atoms with Gasteiger partial charge in [-0.15, -0.1) is 0 Å². The summed E-state index contributed by atoms with van der Waals surface area (Å²) in [6.07, 6.45) is -5.90. The summed E-state index contributed by atoms with van der Waals surface area (Å²) >= 11 is 2.09. The van der Waals surface area contributed by atoms with Gasteiger partial charge in [0.1, 0.15) is 24.4 Å². The van der Waals surface area contributed by atoms with Crippen molar-refractivity contribution in [3.63, 3.8) is 0 Å². The first kappa shape index (κ1) is 13.6. The molecule has 1 heterocycles. The van der Waals surface area contributed by atoms with Crippen LogP contribution in [0.25, 0.3) is 0 Å². The molecule has 1 fully saturated rings. The number of hydrogen-bond acceptors (Lipinski definition) is 6. The molecular weight excluding hydrogens is 319 g/mol. The van der Waals surface area contributed by atoms with Crippen LogP contribution in [0, 0.1) is 0 Å². The van der Waals surface area contributed by atoms with Gasteiger partial charge in [-0.05, 0) is 0 Å². The molecule has 0 aliphatic carbocycles. The van der Waals surface area contributed by atoms with Crippen molar-refractivity contribution in [2.24, 2.45) is 0 Å². The molecule has 1 aliphatic heterocycles. The summed E-state index contributed by atoms with van der Waals surface area (Å²) in [6.45, 7) is -0.0711. The predicted octanol–water partition coefficient (Wildman–Crippen LogP) is -1.76. The van der Waals surface area contributed by atoms with Crippen molar-refractivity contribution < 1.29 is 29.9 Å². The standard InChI is InChI=1S/C8H15IO6/c9-1-2-14-8-7(13)6(12)5(11)4(3-10)15-8/h4-8,10-13H,1-3H2/t4-,5-,6+,7+,8+/m1/s1. The van der Waals surface area contributed by atoms with Gasteiger partial charge in [-0.1, -0.05) is 22.6 Å². The first-order valence-corrected chi connectivity index (χ1v) is 6.12. The van der Waals surface area contributed by atoms with Crippen LogP contribution in [0.1, 0.15) is 0 Å². The van der Waals surface area contributed by atoms with E-state index in [2.05, 4.69) is 22.6 Å². The molecular formula is C8H15IO6. The van der Waals surface area contributed by atoms with Gasteiger partial charge in [-0.3, -0.25) is 0 Å². The number of hydrogen-bond donors (Lipinski definition) is 4. The lowest BCUT2D eigenvalue weighted by atomic mass is 9.99. The fraction of sp³-hybridized carbons (Fsp3) is 1.00. The number of ether oxygens (including phenoxy) is 2. The second-order valence-electron chi connectivity index (χ2n) is 3.26. The Kier molecular flexibility index (Phi) is 5.68. The van der Waals surface area contributed by atoms with Crippen molar-refractivity contribution in [2.75, 3.05) is 17.6 Å². The van der Waals surface area contributed by atoms with E-state index in [1.807, 2.05) is 0 Å². The van der Waals surface area contributed by atoms with E-state index in [0.717, 1.165) is 0 Å². The molecule has 0 saturated carbocycles. The smallest absolute Gasteiger partial charge is 0.186 e. The van der Waals surface area contributed by atoms with E-state index in [1.54, 1.807) is 0 Å². The molecule has 7 heteroatoms. The molecule has 0 aromatic carbocycles. The minimum Gasteiger partial charge on any atom is -0.394 e. The van der Waals surface area contributed by atoms with Crippen molar-refractivity contribution in [3.05, 3.63) is 0 Å². The van der Waals surface area contributed by atoms with E-state index in [1.165, 1.54) is 0 Å². The summed E-state index contributed by atoms with van der Waals surface area (Å²) < 4.78 is 10.9. The third kappa shape index (κ3) is 3.22. The van der Waals surface area contributed by atoms with Gasteiger partial charge in [0.2, 0.25) is 0 Å². The first-order valence-electron chi connectivity index (χ1n) is 4.60. The highest BCUT2D eigenvalue weighted by molar-refractivity contribution is 14.1. The summed E-state index contributed by atoms with van der Waals surface area (Å²) in [6, 6.07) is 0. The van der Waals surface area contributed by atoms with Crippen LogP contribution >= 0.6 is 22.6 Å². The largest absolute Gasteiger partial charge is 0.394 e. The maximum Gasteiger partial charge on any atom is 0.186 e. The van der Waals surface area contributed by atoms with Crippen LogP contribution in [0.15, 0.2) is 0 Å². The van der Waals surface area contributed by atoms with E-state index in [-0.39, 0.29) is 0 Å². The SMILES string of the molecule is OC[C@H]1O[C@H](OCCI)[C@@H](O)[C@@H](O)[C@@H]1O. The quantitative estimate of drug-likeness (QED) is 0.359. The van der Waals surface area contributed by atoms with Crippen LogP contribution in [-0.2, 0) is 9.47 Å². The molecule has 0 unspecified atom stereocenters. The summed E-state index contributed by atoms with van der Waals surface area (Å²) in [5.41, 5.74) is 0. The summed E-state index contributed by atoms with van der Waals surface area (Å²) in [5, 5.41) is 37.2. The Morgan fingerprint density at radius 2 is 1.80 bits per heavy atom. The first-order chi connectivity index (χ1) is 7.11. The number of rotatable bonds is 4. The lowest BCUT2D eigenvalue weighted by Gasteiger charge is -2.39. The molecule has 0 spiro atoms. The van der Waals surface area contributed by atoms with Crippen molar-refractivity contribution in [1.29, 1.82) is 0 Å². The van der Waals surface area contributed by atoms with Crippen LogP contribution in [0.2, 0.25) is 0 Å². The fourth-order valence-electron chi connectivity index (χ4n) is 1.37. The molecule has 0 aromatic rings. The van der Waals surface area contributed by atoms with Gasteiger partial charge in [-0.2, -0.15) is 0 Å². The molecule has 4 N–H and O–H groups in total. The van der Waals surface area contributed by atoms with Crippen molar-refractivity contribution in [3.8, 4) is 0 Å². The molecule has 0 radical (unpaired) electrons. The van der Waals surface area contributed by atoms with Gasteiger partial charge >= 0.3 is 0 Å². The average Bonchev–Trinajstić information content (AvgIpc) is 2.25. The third-order valence-corrected chi connectivity index (χ3v) is 2.65. The van der Waals surface area contributed by atoms with E-state index in [9.17, 15) is 15.3 Å². The molecule has 5 atom stereocenters. The fourth-order valence-corrected chi connectivity index (χ4v) is 1.62. The van der Waals surface area contributed by atoms with Gasteiger partial charge in [0.15, 0.2) is 6.29 Å². The minimum atomic E-state index is -1.37. The summed E-state index contributed by atoms with van der Waals surface area (Å²) in [4.78, 5) is 0. The Morgan fingerprint density at radius 1 is 1.13 bits per heavy atom. The highest BCUT2D eigenvalue weighted by Gasteiger charge is 2.43. The Balaban J connectivity index is 2.57. The van der Waals surface area contributed by atoms with Crippen LogP contribution in [0.3, 0.4) is 0 Å². The molecule has 1 rings (SSSR count). The van der Waals surface area contributed by atoms with Gasteiger partial charge in [-0.25, -0.2) is 0 Å². The minimum absolute atomic E-state index is 0.364. The van der Waals surface area contributed by atoms with Crippen LogP contribution in [-0.4, -0.2) is 68.8 Å². The lowest BCUT2D eigenvalue weighted by molar-refractivity contribution is -0.299. The molecule has 15 heavy (non-hydrogen) atoms. The molecule has 1 aliphatic rings. The van der Waals surface area contributed by atoms with Crippen LogP contribution in [0.4, 0.5) is 0 Å². The van der Waals surface area contributed by atoms with E-state index < -0.39 is 37.3 Å². The molecule has 90 valence electrons. The highest BCUT2D eigenvalue weighted by Crippen LogP contribution is 2.21. The number of halogens is 1. The zero-order valence-electron chi connectivity index (χ0n) is 7.99. The zero-order chi connectivity index (χ0) is 11.4. The predicted molar refractivity (Wildman–Crippen MR) is 58.6 cm³/mol. The van der Waals surface area contributed by atoms with Crippen molar-refractivity contribution in [1.82, 2.24) is 0 Å². The van der Waals surface area contributed by atoms with E-state index in [0.29, 0.717) is 11.0 Å². The summed E-state index contributed by atoms with van der Waals surface area (Å²) in [5.74, 6) is 0. The topological polar surface area (TPSA) is 99.4 Å². The maximum absolute atomic E-state index is 9.50. The summed E-state index contributed by atoms with van der Waals surface area (Å²) in [7, 11) is 0. The lowest BCUT2D eigenvalue weighted by Crippen LogP contribution is -2.59. The van der Waals surface area contributed by atoms with Gasteiger partial charge in [0.25, 0.3) is 0 Å². The van der Waals surface area contributed by atoms with E-state index >= 15 is 0 Å². The zero-order valence-corrected chi connectivity index (χ0v) is 10.1. The van der Waals surface area contributed by atoms with E-state index in [4.69, 9.17) is 14.6 Å². The molecule has 0 aromatic heterocycles. The Bertz CT molecular complexity index is 190. The second-order valence-corrected chi connectivity index (χ2v) is 4.34. The third-order valence-electron chi connectivity index (χ3n) is 2.21.